The van der Waals surface area contributed by atoms with Gasteiger partial charge in [-0.1, -0.05) is 24.3 Å². The van der Waals surface area contributed by atoms with Gasteiger partial charge >= 0.3 is 29.6 Å². The van der Waals surface area contributed by atoms with E-state index in [4.69, 9.17) is 0 Å². The fourth-order valence-corrected chi connectivity index (χ4v) is 3.15. The summed E-state index contributed by atoms with van der Waals surface area (Å²) in [4.78, 5) is 23.9. The van der Waals surface area contributed by atoms with Crippen LogP contribution in [0, 0.1) is 0 Å². The van der Waals surface area contributed by atoms with E-state index in [1.54, 1.807) is 0 Å². The zero-order valence-corrected chi connectivity index (χ0v) is 11.6. The molecule has 23 heavy (non-hydrogen) atoms. The van der Waals surface area contributed by atoms with E-state index in [2.05, 4.69) is 0 Å². The summed E-state index contributed by atoms with van der Waals surface area (Å²) in [5.41, 5.74) is -1.37. The Bertz CT molecular complexity index is 963. The van der Waals surface area contributed by atoms with Crippen molar-refractivity contribution in [3.63, 3.8) is 0 Å². The normalized spacial score (nSPS) is 13.1. The van der Waals surface area contributed by atoms with Crippen molar-refractivity contribution < 1.29 is 32.8 Å². The minimum absolute atomic E-state index is 0. The third-order valence-electron chi connectivity index (χ3n) is 3.39. The Morgan fingerprint density at radius 1 is 0.870 bits per heavy atom. The first-order valence-corrected chi connectivity index (χ1v) is 7.42. The van der Waals surface area contributed by atoms with Gasteiger partial charge in [-0.15, -0.1) is 0 Å². The summed E-state index contributed by atoms with van der Waals surface area (Å²) < 4.78 is 32.1. The van der Waals surface area contributed by atoms with Crippen LogP contribution >= 0.6 is 0 Å². The molecule has 7 nitrogen and oxygen atoms in total. The average molecular weight is 344 g/mol. The number of carbonyl (C=O) groups excluding carboxylic acids is 2. The summed E-state index contributed by atoms with van der Waals surface area (Å²) >= 11 is 0. The molecule has 0 radical (unpaired) electrons. The molecule has 9 heteroatoms. The number of hydrogen-bond donors (Lipinski definition) is 3. The van der Waals surface area contributed by atoms with Crippen LogP contribution in [0.25, 0.3) is 0 Å². The predicted octanol–water partition coefficient (Wildman–Crippen LogP) is 0.471. The number of phenols is 2. The minimum atomic E-state index is -4.89. The van der Waals surface area contributed by atoms with E-state index >= 15 is 0 Å². The predicted molar refractivity (Wildman–Crippen MR) is 80.0 cm³/mol. The van der Waals surface area contributed by atoms with Crippen molar-refractivity contribution in [2.75, 3.05) is 0 Å². The molecule has 0 spiro atoms. The van der Waals surface area contributed by atoms with Crippen molar-refractivity contribution in [3.05, 3.63) is 52.6 Å². The number of rotatable bonds is 1. The zero-order valence-electron chi connectivity index (χ0n) is 10.8. The molecule has 0 fully saturated rings. The molecular formula is C14H9NaO7S. The second kappa shape index (κ2) is 5.73. The van der Waals surface area contributed by atoms with E-state index in [0.29, 0.717) is 6.07 Å². The van der Waals surface area contributed by atoms with Crippen LogP contribution in [0.4, 0.5) is 0 Å². The van der Waals surface area contributed by atoms with Crippen molar-refractivity contribution in [1.82, 2.24) is 0 Å². The van der Waals surface area contributed by atoms with E-state index in [0.717, 1.165) is 0 Å². The topological polar surface area (TPSA) is 129 Å². The summed E-state index contributed by atoms with van der Waals surface area (Å²) in [6.07, 6.45) is 0. The van der Waals surface area contributed by atoms with E-state index in [9.17, 15) is 32.8 Å². The van der Waals surface area contributed by atoms with E-state index in [1.165, 1.54) is 24.3 Å². The molecule has 0 heterocycles. The molecule has 2 aromatic carbocycles. The Morgan fingerprint density at radius 3 is 1.83 bits per heavy atom. The van der Waals surface area contributed by atoms with Crippen molar-refractivity contribution in [3.8, 4) is 11.5 Å². The number of carbonyl (C=O) groups is 2. The molecule has 3 rings (SSSR count). The standard InChI is InChI=1S/C14H8O7S.Na.H/c15-8-5-9(22(19,20)21)10-11(14(8)18)13(17)7-4-2-1-3-6(7)12(10)16;;/h1-5,15,18H,(H,19,20,21);;. The average Bonchev–Trinajstić information content (AvgIpc) is 2.46. The summed E-state index contributed by atoms with van der Waals surface area (Å²) in [6, 6.07) is 6.19. The van der Waals surface area contributed by atoms with Crippen molar-refractivity contribution in [1.29, 1.82) is 0 Å². The molecular weight excluding hydrogens is 335 g/mol. The number of benzene rings is 2. The van der Waals surface area contributed by atoms with Gasteiger partial charge in [0.1, 0.15) is 4.90 Å². The molecule has 0 aliphatic heterocycles. The Kier molecular flexibility index (Phi) is 4.40. The van der Waals surface area contributed by atoms with Gasteiger partial charge in [-0.05, 0) is 0 Å². The second-order valence-corrected chi connectivity index (χ2v) is 6.06. The molecule has 0 aromatic heterocycles. The summed E-state index contributed by atoms with van der Waals surface area (Å²) in [5, 5.41) is 19.4. The van der Waals surface area contributed by atoms with Crippen LogP contribution in [0.2, 0.25) is 0 Å². The Balaban J connectivity index is 0.00000192. The van der Waals surface area contributed by atoms with Crippen molar-refractivity contribution >= 4 is 51.2 Å². The van der Waals surface area contributed by atoms with Crippen LogP contribution in [0.5, 0.6) is 11.5 Å². The number of aromatic hydroxyl groups is 2. The summed E-state index contributed by atoms with van der Waals surface area (Å²) in [6.45, 7) is 0. The molecule has 0 saturated carbocycles. The number of ketones is 2. The first kappa shape index (κ1) is 17.6. The van der Waals surface area contributed by atoms with Crippen LogP contribution in [0.1, 0.15) is 31.8 Å². The number of hydrogen-bond acceptors (Lipinski definition) is 6. The van der Waals surface area contributed by atoms with E-state index in [1.807, 2.05) is 0 Å². The maximum atomic E-state index is 12.5. The van der Waals surface area contributed by atoms with Gasteiger partial charge in [0.25, 0.3) is 10.1 Å². The van der Waals surface area contributed by atoms with E-state index in [-0.39, 0.29) is 40.7 Å². The summed E-state index contributed by atoms with van der Waals surface area (Å²) in [7, 11) is -4.89. The number of fused-ring (bicyclic) bond motifs is 2. The molecule has 0 amide bonds. The van der Waals surface area contributed by atoms with Crippen LogP contribution in [0.15, 0.2) is 35.2 Å². The van der Waals surface area contributed by atoms with Gasteiger partial charge in [-0.3, -0.25) is 14.1 Å². The van der Waals surface area contributed by atoms with Gasteiger partial charge in [0.15, 0.2) is 23.1 Å². The molecule has 1 aliphatic rings. The van der Waals surface area contributed by atoms with Gasteiger partial charge in [0, 0.05) is 17.2 Å². The zero-order chi connectivity index (χ0) is 16.2. The maximum absolute atomic E-state index is 12.5. The molecule has 1 aliphatic carbocycles. The molecule has 0 bridgehead atoms. The molecule has 2 aromatic rings. The van der Waals surface area contributed by atoms with Gasteiger partial charge in [0.2, 0.25) is 0 Å². The number of phenolic OH excluding ortho intramolecular Hbond substituents is 2. The quantitative estimate of drug-likeness (QED) is 0.332. The molecule has 0 atom stereocenters. The first-order valence-electron chi connectivity index (χ1n) is 5.98. The monoisotopic (exact) mass is 344 g/mol. The van der Waals surface area contributed by atoms with Gasteiger partial charge in [0.05, 0.1) is 11.1 Å². The SMILES string of the molecule is O=C1c2ccccc2C(=O)c2c(O)c(O)cc(S(=O)(=O)O)c21.[NaH]. The van der Waals surface area contributed by atoms with Crippen LogP contribution in [-0.2, 0) is 10.1 Å². The van der Waals surface area contributed by atoms with Crippen molar-refractivity contribution in [2.24, 2.45) is 0 Å². The summed E-state index contributed by atoms with van der Waals surface area (Å²) in [5.74, 6) is -3.49. The third kappa shape index (κ3) is 2.58. The van der Waals surface area contributed by atoms with Crippen LogP contribution in [0.3, 0.4) is 0 Å². The third-order valence-corrected chi connectivity index (χ3v) is 4.27. The van der Waals surface area contributed by atoms with Crippen LogP contribution in [-0.4, -0.2) is 64.3 Å². The molecule has 3 N–H and O–H groups in total. The Labute approximate surface area is 152 Å². The van der Waals surface area contributed by atoms with Gasteiger partial charge in [-0.2, -0.15) is 8.42 Å². The second-order valence-electron chi connectivity index (χ2n) is 4.67. The fraction of sp³-hybridized carbons (Fsp3) is 0. The van der Waals surface area contributed by atoms with Gasteiger partial charge < -0.3 is 10.2 Å². The molecule has 0 saturated heterocycles. The molecule has 0 unspecified atom stereocenters. The van der Waals surface area contributed by atoms with Gasteiger partial charge in [-0.25, -0.2) is 0 Å². The van der Waals surface area contributed by atoms with Crippen LogP contribution < -0.4 is 0 Å². The Morgan fingerprint density at radius 2 is 1.35 bits per heavy atom. The fourth-order valence-electron chi connectivity index (χ4n) is 2.43. The Hall–Kier alpha value is -1.71. The van der Waals surface area contributed by atoms with E-state index < -0.39 is 49.2 Å². The first-order chi connectivity index (χ1) is 10.2. The van der Waals surface area contributed by atoms with Crippen molar-refractivity contribution in [2.45, 2.75) is 4.90 Å². The molecule has 114 valence electrons.